The number of ketones is 1. The largest absolute Gasteiger partial charge is 0.503 e. The van der Waals surface area contributed by atoms with Gasteiger partial charge in [0.1, 0.15) is 23.7 Å². The van der Waals surface area contributed by atoms with E-state index >= 15 is 0 Å². The molecule has 0 saturated heterocycles. The maximum Gasteiger partial charge on any atom is 0.309 e. The second kappa shape index (κ2) is 12.3. The van der Waals surface area contributed by atoms with Gasteiger partial charge in [-0.3, -0.25) is 9.59 Å². The second-order valence-corrected chi connectivity index (χ2v) is 8.03. The number of nitrogens with zero attached hydrogens (tertiary/aromatic N) is 1. The topological polar surface area (TPSA) is 104 Å². The molecule has 0 amide bonds. The number of methoxy groups -OCH3 is 2. The molecule has 3 atom stereocenters. The molecule has 0 aliphatic carbocycles. The summed E-state index contributed by atoms with van der Waals surface area (Å²) in [5, 5.41) is 10.6. The highest BCUT2D eigenvalue weighted by Crippen LogP contribution is 2.31. The fourth-order valence-corrected chi connectivity index (χ4v) is 3.40. The van der Waals surface area contributed by atoms with Gasteiger partial charge in [0, 0.05) is 24.8 Å². The fraction of sp³-hybridized carbons (Fsp3) is 0.458. The van der Waals surface area contributed by atoms with Crippen molar-refractivity contribution in [3.05, 3.63) is 41.2 Å². The Labute approximate surface area is 198 Å². The van der Waals surface area contributed by atoms with Gasteiger partial charge >= 0.3 is 5.97 Å². The number of halogens is 1. The molecule has 0 aliphatic heterocycles. The minimum atomic E-state index is -0.745. The van der Waals surface area contributed by atoms with Gasteiger partial charge in [0.25, 0.3) is 0 Å². The van der Waals surface area contributed by atoms with Gasteiger partial charge < -0.3 is 24.1 Å². The Hall–Kier alpha value is -3.00. The summed E-state index contributed by atoms with van der Waals surface area (Å²) in [5.74, 6) is -0.972. The third-order valence-corrected chi connectivity index (χ3v) is 5.39. The van der Waals surface area contributed by atoms with Crippen LogP contribution in [0.5, 0.6) is 23.0 Å². The van der Waals surface area contributed by atoms with Gasteiger partial charge in [0.15, 0.2) is 23.0 Å². The van der Waals surface area contributed by atoms with Crippen molar-refractivity contribution in [2.45, 2.75) is 52.2 Å². The van der Waals surface area contributed by atoms with Crippen molar-refractivity contribution in [2.24, 2.45) is 5.92 Å². The van der Waals surface area contributed by atoms with E-state index in [9.17, 15) is 14.7 Å². The lowest BCUT2D eigenvalue weighted by atomic mass is 10.0. The molecule has 1 aromatic heterocycles. The molecule has 2 aromatic rings. The third-order valence-electron chi connectivity index (χ3n) is 5.07. The first kappa shape index (κ1) is 26.3. The summed E-state index contributed by atoms with van der Waals surface area (Å²) in [6.07, 6.45) is 1.67. The predicted molar refractivity (Wildman–Crippen MR) is 123 cm³/mol. The lowest BCUT2D eigenvalue weighted by Crippen LogP contribution is -2.35. The van der Waals surface area contributed by atoms with E-state index in [1.54, 1.807) is 32.0 Å². The summed E-state index contributed by atoms with van der Waals surface area (Å²) in [4.78, 5) is 29.1. The van der Waals surface area contributed by atoms with Gasteiger partial charge in [-0.05, 0) is 25.5 Å². The highest BCUT2D eigenvalue weighted by Gasteiger charge is 2.28. The summed E-state index contributed by atoms with van der Waals surface area (Å²) in [6.45, 7) is 5.33. The first-order valence-corrected chi connectivity index (χ1v) is 11.0. The SMILES string of the molecule is CCC[C@@H](Oc1ccc(Cl)c(OC)c1)[C@H](C)OC(=O)[C@H](C)CC(=O)c1nccc(OC)c1O. The number of aromatic nitrogens is 1. The van der Waals surface area contributed by atoms with Crippen molar-refractivity contribution < 1.29 is 33.6 Å². The lowest BCUT2D eigenvalue weighted by molar-refractivity contribution is -0.157. The summed E-state index contributed by atoms with van der Waals surface area (Å²) in [6, 6.07) is 6.51. The summed E-state index contributed by atoms with van der Waals surface area (Å²) >= 11 is 6.07. The molecule has 9 heteroatoms. The Balaban J connectivity index is 2.03. The average Bonchev–Trinajstić information content (AvgIpc) is 2.79. The Bertz CT molecular complexity index is 966. The number of esters is 1. The van der Waals surface area contributed by atoms with E-state index in [1.807, 2.05) is 6.92 Å². The molecule has 1 heterocycles. The smallest absolute Gasteiger partial charge is 0.309 e. The standard InChI is InChI=1S/C24H30ClNO7/c1-6-7-19(33-16-8-9-17(25)21(13-16)31-5)15(3)32-24(29)14(2)12-18(27)22-23(28)20(30-4)10-11-26-22/h8-11,13-15,19,28H,6-7,12H2,1-5H3/t14-,15+,19-/m1/s1. The van der Waals surface area contributed by atoms with E-state index in [0.29, 0.717) is 22.9 Å². The number of rotatable bonds is 12. The quantitative estimate of drug-likeness (QED) is 0.340. The molecule has 1 N–H and O–H groups in total. The summed E-state index contributed by atoms with van der Waals surface area (Å²) in [7, 11) is 2.89. The molecule has 0 radical (unpaired) electrons. The molecule has 0 saturated carbocycles. The van der Waals surface area contributed by atoms with Gasteiger partial charge in [-0.15, -0.1) is 0 Å². The van der Waals surface area contributed by atoms with Gasteiger partial charge in [0.05, 0.1) is 25.2 Å². The number of pyridine rings is 1. The lowest BCUT2D eigenvalue weighted by Gasteiger charge is -2.26. The minimum Gasteiger partial charge on any atom is -0.503 e. The van der Waals surface area contributed by atoms with E-state index < -0.39 is 29.9 Å². The molecule has 0 unspecified atom stereocenters. The molecule has 0 aliphatic rings. The molecule has 0 spiro atoms. The summed E-state index contributed by atoms with van der Waals surface area (Å²) < 4.78 is 21.9. The van der Waals surface area contributed by atoms with Crippen molar-refractivity contribution in [3.8, 4) is 23.0 Å². The highest BCUT2D eigenvalue weighted by molar-refractivity contribution is 6.32. The zero-order valence-corrected chi connectivity index (χ0v) is 20.2. The maximum atomic E-state index is 12.7. The first-order chi connectivity index (χ1) is 15.7. The molecule has 180 valence electrons. The van der Waals surface area contributed by atoms with Crippen molar-refractivity contribution in [2.75, 3.05) is 14.2 Å². The number of hydrogen-bond donors (Lipinski definition) is 1. The van der Waals surface area contributed by atoms with Crippen LogP contribution in [-0.4, -0.2) is 48.3 Å². The molecule has 8 nitrogen and oxygen atoms in total. The molecular formula is C24H30ClNO7. The van der Waals surface area contributed by atoms with Crippen LogP contribution in [-0.2, 0) is 9.53 Å². The number of Topliss-reactive ketones (excluding diaryl/α,β-unsaturated/α-hetero) is 1. The van der Waals surface area contributed by atoms with Gasteiger partial charge in [-0.1, -0.05) is 31.9 Å². The van der Waals surface area contributed by atoms with Crippen molar-refractivity contribution in [1.29, 1.82) is 0 Å². The van der Waals surface area contributed by atoms with Crippen LogP contribution >= 0.6 is 11.6 Å². The fourth-order valence-electron chi connectivity index (χ4n) is 3.20. The normalized spacial score (nSPS) is 13.5. The summed E-state index contributed by atoms with van der Waals surface area (Å²) in [5.41, 5.74) is -0.147. The van der Waals surface area contributed by atoms with Crippen LogP contribution in [0.4, 0.5) is 0 Å². The Morgan fingerprint density at radius 2 is 1.82 bits per heavy atom. The van der Waals surface area contributed by atoms with E-state index in [-0.39, 0.29) is 23.6 Å². The zero-order chi connectivity index (χ0) is 24.5. The number of benzene rings is 1. The Morgan fingerprint density at radius 1 is 1.12 bits per heavy atom. The number of carbonyl (C=O) groups is 2. The third kappa shape index (κ3) is 6.99. The van der Waals surface area contributed by atoms with Crippen LogP contribution in [0.3, 0.4) is 0 Å². The second-order valence-electron chi connectivity index (χ2n) is 7.62. The van der Waals surface area contributed by atoms with Gasteiger partial charge in [-0.2, -0.15) is 0 Å². The number of aromatic hydroxyl groups is 1. The minimum absolute atomic E-state index is 0.135. The average molecular weight is 480 g/mol. The zero-order valence-electron chi connectivity index (χ0n) is 19.5. The molecule has 1 aromatic carbocycles. The Morgan fingerprint density at radius 3 is 2.45 bits per heavy atom. The monoisotopic (exact) mass is 479 g/mol. The number of carbonyl (C=O) groups excluding carboxylic acids is 2. The van der Waals surface area contributed by atoms with Crippen molar-refractivity contribution in [1.82, 2.24) is 4.98 Å². The molecule has 33 heavy (non-hydrogen) atoms. The van der Waals surface area contributed by atoms with E-state index in [0.717, 1.165) is 6.42 Å². The van der Waals surface area contributed by atoms with Gasteiger partial charge in [-0.25, -0.2) is 4.98 Å². The van der Waals surface area contributed by atoms with E-state index in [1.165, 1.54) is 26.5 Å². The van der Waals surface area contributed by atoms with Crippen LogP contribution in [0.1, 0.15) is 50.5 Å². The van der Waals surface area contributed by atoms with E-state index in [4.69, 9.17) is 30.5 Å². The van der Waals surface area contributed by atoms with Crippen LogP contribution in [0, 0.1) is 5.92 Å². The van der Waals surface area contributed by atoms with Crippen LogP contribution in [0.15, 0.2) is 30.5 Å². The molecular weight excluding hydrogens is 450 g/mol. The number of hydrogen-bond acceptors (Lipinski definition) is 8. The highest BCUT2D eigenvalue weighted by atomic mass is 35.5. The van der Waals surface area contributed by atoms with Crippen LogP contribution in [0.2, 0.25) is 5.02 Å². The Kier molecular flexibility index (Phi) is 9.78. The van der Waals surface area contributed by atoms with Crippen LogP contribution in [0.25, 0.3) is 0 Å². The first-order valence-electron chi connectivity index (χ1n) is 10.7. The van der Waals surface area contributed by atoms with E-state index in [2.05, 4.69) is 4.98 Å². The predicted octanol–water partition coefficient (Wildman–Crippen LogP) is 4.85. The van der Waals surface area contributed by atoms with Crippen molar-refractivity contribution >= 4 is 23.4 Å². The molecule has 0 bridgehead atoms. The van der Waals surface area contributed by atoms with Gasteiger partial charge in [0.2, 0.25) is 0 Å². The van der Waals surface area contributed by atoms with Crippen LogP contribution < -0.4 is 14.2 Å². The maximum absolute atomic E-state index is 12.7. The molecule has 2 rings (SSSR count). The van der Waals surface area contributed by atoms with Crippen molar-refractivity contribution in [3.63, 3.8) is 0 Å². The molecule has 0 fully saturated rings. The number of ether oxygens (including phenoxy) is 4.